The van der Waals surface area contributed by atoms with Crippen molar-refractivity contribution in [3.63, 3.8) is 0 Å². The summed E-state index contributed by atoms with van der Waals surface area (Å²) >= 11 is 0. The Kier molecular flexibility index (Phi) is 3.76. The smallest absolute Gasteiger partial charge is 0.133 e. The second-order valence-electron chi connectivity index (χ2n) is 4.56. The Morgan fingerprint density at radius 2 is 2.06 bits per heavy atom. The van der Waals surface area contributed by atoms with E-state index < -0.39 is 0 Å². The molecule has 0 bridgehead atoms. The first-order valence-electron chi connectivity index (χ1n) is 6.12. The van der Waals surface area contributed by atoms with Crippen molar-refractivity contribution in [3.05, 3.63) is 29.1 Å². The Morgan fingerprint density at radius 1 is 1.28 bits per heavy atom. The fraction of sp³-hybridized carbons (Fsp3) is 0.583. The van der Waals surface area contributed by atoms with Gasteiger partial charge in [0.05, 0.1) is 5.69 Å². The van der Waals surface area contributed by atoms with Gasteiger partial charge in [0.1, 0.15) is 12.2 Å². The fourth-order valence-electron chi connectivity index (χ4n) is 2.02. The average molecular weight is 248 g/mol. The minimum absolute atomic E-state index is 0.851. The topological polar surface area (TPSA) is 60.6 Å². The summed E-state index contributed by atoms with van der Waals surface area (Å²) in [6.07, 6.45) is 2.61. The summed E-state index contributed by atoms with van der Waals surface area (Å²) in [6, 6.07) is 0. The molecule has 0 fully saturated rings. The van der Waals surface area contributed by atoms with E-state index in [1.807, 2.05) is 30.3 Å². The van der Waals surface area contributed by atoms with Gasteiger partial charge in [-0.05, 0) is 13.8 Å². The third-order valence-electron chi connectivity index (χ3n) is 3.29. The van der Waals surface area contributed by atoms with Crippen LogP contribution in [-0.4, -0.2) is 31.1 Å². The molecular formula is C12H20N6. The molecule has 0 saturated heterocycles. The van der Waals surface area contributed by atoms with Gasteiger partial charge in [-0.3, -0.25) is 4.68 Å². The summed E-state index contributed by atoms with van der Waals surface area (Å²) in [7, 11) is 3.94. The summed E-state index contributed by atoms with van der Waals surface area (Å²) < 4.78 is 3.87. The van der Waals surface area contributed by atoms with Gasteiger partial charge in [-0.2, -0.15) is 5.10 Å². The number of hydrogen-bond donors (Lipinski definition) is 1. The third-order valence-corrected chi connectivity index (χ3v) is 3.29. The molecule has 2 heterocycles. The van der Waals surface area contributed by atoms with E-state index in [-0.39, 0.29) is 0 Å². The van der Waals surface area contributed by atoms with Crippen molar-refractivity contribution in [2.75, 3.05) is 6.54 Å². The number of rotatable bonds is 5. The Morgan fingerprint density at radius 3 is 2.61 bits per heavy atom. The number of aromatic nitrogens is 5. The lowest BCUT2D eigenvalue weighted by molar-refractivity contribution is 0.649. The molecule has 18 heavy (non-hydrogen) atoms. The minimum atomic E-state index is 0.851. The highest BCUT2D eigenvalue weighted by Gasteiger charge is 2.08. The van der Waals surface area contributed by atoms with Crippen molar-refractivity contribution in [2.24, 2.45) is 14.1 Å². The van der Waals surface area contributed by atoms with Crippen LogP contribution in [-0.2, 0) is 27.1 Å². The van der Waals surface area contributed by atoms with E-state index in [0.29, 0.717) is 0 Å². The van der Waals surface area contributed by atoms with Crippen LogP contribution in [0.3, 0.4) is 0 Å². The zero-order valence-corrected chi connectivity index (χ0v) is 11.4. The van der Waals surface area contributed by atoms with Crippen molar-refractivity contribution in [1.29, 1.82) is 0 Å². The summed E-state index contributed by atoms with van der Waals surface area (Å²) in [6.45, 7) is 5.88. The molecule has 0 aliphatic carbocycles. The first-order valence-corrected chi connectivity index (χ1v) is 6.12. The van der Waals surface area contributed by atoms with Gasteiger partial charge in [0.15, 0.2) is 0 Å². The first-order chi connectivity index (χ1) is 8.59. The van der Waals surface area contributed by atoms with Gasteiger partial charge in [-0.1, -0.05) is 0 Å². The molecule has 2 aromatic rings. The number of hydrogen-bond acceptors (Lipinski definition) is 4. The molecule has 0 amide bonds. The van der Waals surface area contributed by atoms with Gasteiger partial charge < -0.3 is 9.88 Å². The summed E-state index contributed by atoms with van der Waals surface area (Å²) in [5, 5.41) is 15.7. The molecule has 0 saturated carbocycles. The molecule has 0 aromatic carbocycles. The highest BCUT2D eigenvalue weighted by atomic mass is 15.3. The van der Waals surface area contributed by atoms with Gasteiger partial charge >= 0.3 is 0 Å². The first kappa shape index (κ1) is 12.8. The molecule has 0 atom stereocenters. The predicted octanol–water partition coefficient (Wildman–Crippen LogP) is 0.498. The SMILES string of the molecule is Cc1nn(C)c(C)c1CNCCc1nncn1C. The van der Waals surface area contributed by atoms with Gasteiger partial charge in [-0.15, -0.1) is 10.2 Å². The molecule has 0 spiro atoms. The zero-order chi connectivity index (χ0) is 13.1. The van der Waals surface area contributed by atoms with Crippen LogP contribution in [0.4, 0.5) is 0 Å². The maximum atomic E-state index is 4.40. The van der Waals surface area contributed by atoms with E-state index >= 15 is 0 Å². The molecule has 0 radical (unpaired) electrons. The van der Waals surface area contributed by atoms with E-state index in [9.17, 15) is 0 Å². The minimum Gasteiger partial charge on any atom is -0.321 e. The maximum Gasteiger partial charge on any atom is 0.133 e. The second-order valence-corrected chi connectivity index (χ2v) is 4.56. The van der Waals surface area contributed by atoms with E-state index in [1.165, 1.54) is 11.3 Å². The van der Waals surface area contributed by atoms with Gasteiger partial charge in [0.25, 0.3) is 0 Å². The average Bonchev–Trinajstić information content (AvgIpc) is 2.83. The van der Waals surface area contributed by atoms with Crippen molar-refractivity contribution in [2.45, 2.75) is 26.8 Å². The van der Waals surface area contributed by atoms with Crippen LogP contribution in [0.2, 0.25) is 0 Å². The van der Waals surface area contributed by atoms with Crippen LogP contribution in [0.5, 0.6) is 0 Å². The number of nitrogens with zero attached hydrogens (tertiary/aromatic N) is 5. The zero-order valence-electron chi connectivity index (χ0n) is 11.4. The molecule has 0 aliphatic rings. The van der Waals surface area contributed by atoms with Gasteiger partial charge in [-0.25, -0.2) is 0 Å². The number of aryl methyl sites for hydroxylation is 3. The van der Waals surface area contributed by atoms with E-state index in [4.69, 9.17) is 0 Å². The summed E-state index contributed by atoms with van der Waals surface area (Å²) in [4.78, 5) is 0. The molecule has 2 aromatic heterocycles. The molecule has 2 rings (SSSR count). The highest BCUT2D eigenvalue weighted by molar-refractivity contribution is 5.23. The van der Waals surface area contributed by atoms with Crippen molar-refractivity contribution >= 4 is 0 Å². The van der Waals surface area contributed by atoms with Crippen molar-refractivity contribution in [1.82, 2.24) is 29.9 Å². The Labute approximate surface area is 107 Å². The molecule has 6 nitrogen and oxygen atoms in total. The second kappa shape index (κ2) is 5.30. The van der Waals surface area contributed by atoms with Crippen LogP contribution in [0.1, 0.15) is 22.8 Å². The van der Waals surface area contributed by atoms with Crippen LogP contribution < -0.4 is 5.32 Å². The molecular weight excluding hydrogens is 228 g/mol. The van der Waals surface area contributed by atoms with E-state index in [1.54, 1.807) is 6.33 Å². The highest BCUT2D eigenvalue weighted by Crippen LogP contribution is 2.10. The summed E-state index contributed by atoms with van der Waals surface area (Å²) in [5.41, 5.74) is 3.61. The quantitative estimate of drug-likeness (QED) is 0.783. The molecule has 0 aliphatic heterocycles. The maximum absolute atomic E-state index is 4.40. The molecule has 0 unspecified atom stereocenters. The largest absolute Gasteiger partial charge is 0.321 e. The van der Waals surface area contributed by atoms with Crippen molar-refractivity contribution in [3.8, 4) is 0 Å². The lowest BCUT2D eigenvalue weighted by Gasteiger charge is -2.05. The van der Waals surface area contributed by atoms with E-state index in [2.05, 4.69) is 27.5 Å². The third kappa shape index (κ3) is 2.59. The van der Waals surface area contributed by atoms with Gasteiger partial charge in [0.2, 0.25) is 0 Å². The molecule has 6 heteroatoms. The lowest BCUT2D eigenvalue weighted by Crippen LogP contribution is -2.19. The predicted molar refractivity (Wildman–Crippen MR) is 69.1 cm³/mol. The van der Waals surface area contributed by atoms with Gasteiger partial charge in [0, 0.05) is 44.9 Å². The van der Waals surface area contributed by atoms with Crippen LogP contribution in [0.25, 0.3) is 0 Å². The van der Waals surface area contributed by atoms with E-state index in [0.717, 1.165) is 31.0 Å². The van der Waals surface area contributed by atoms with Crippen molar-refractivity contribution < 1.29 is 0 Å². The molecule has 98 valence electrons. The normalized spacial score (nSPS) is 11.1. The Hall–Kier alpha value is -1.69. The lowest BCUT2D eigenvalue weighted by atomic mass is 10.2. The monoisotopic (exact) mass is 248 g/mol. The number of nitrogens with one attached hydrogen (secondary N) is 1. The van der Waals surface area contributed by atoms with Crippen LogP contribution in [0, 0.1) is 13.8 Å². The van der Waals surface area contributed by atoms with Crippen LogP contribution in [0.15, 0.2) is 6.33 Å². The Bertz CT molecular complexity index is 525. The Balaban J connectivity index is 1.84. The standard InChI is InChI=1S/C12H20N6/c1-9-11(10(2)18(4)16-9)7-13-6-5-12-15-14-8-17(12)3/h8,13H,5-7H2,1-4H3. The van der Waals surface area contributed by atoms with Crippen LogP contribution >= 0.6 is 0 Å². The summed E-state index contributed by atoms with van der Waals surface area (Å²) in [5.74, 6) is 1.00. The molecule has 1 N–H and O–H groups in total. The fourth-order valence-corrected chi connectivity index (χ4v) is 2.02.